The molecule has 1 aromatic carbocycles. The van der Waals surface area contributed by atoms with E-state index in [2.05, 4.69) is 17.2 Å². The SMILES string of the molecule is CCCCC(=O)Nc1ccc(C#CCN)cc1F. The Morgan fingerprint density at radius 3 is 2.89 bits per heavy atom. The highest BCUT2D eigenvalue weighted by Gasteiger charge is 2.06. The van der Waals surface area contributed by atoms with E-state index < -0.39 is 5.82 Å². The van der Waals surface area contributed by atoms with E-state index in [0.29, 0.717) is 12.0 Å². The topological polar surface area (TPSA) is 55.1 Å². The van der Waals surface area contributed by atoms with Gasteiger partial charge in [-0.3, -0.25) is 4.79 Å². The average molecular weight is 248 g/mol. The van der Waals surface area contributed by atoms with Crippen LogP contribution in [-0.2, 0) is 4.79 Å². The average Bonchev–Trinajstić information content (AvgIpc) is 2.36. The van der Waals surface area contributed by atoms with Gasteiger partial charge in [0.15, 0.2) is 0 Å². The Hall–Kier alpha value is -1.86. The van der Waals surface area contributed by atoms with E-state index in [1.54, 1.807) is 6.07 Å². The van der Waals surface area contributed by atoms with E-state index in [1.807, 2.05) is 6.92 Å². The number of hydrogen-bond donors (Lipinski definition) is 2. The molecule has 18 heavy (non-hydrogen) atoms. The molecule has 1 aromatic rings. The second-order valence-electron chi connectivity index (χ2n) is 3.85. The summed E-state index contributed by atoms with van der Waals surface area (Å²) in [5.74, 6) is 4.72. The molecular formula is C14H17FN2O. The molecule has 96 valence electrons. The molecular weight excluding hydrogens is 231 g/mol. The minimum absolute atomic E-state index is 0.170. The Balaban J connectivity index is 2.70. The lowest BCUT2D eigenvalue weighted by atomic mass is 10.2. The molecule has 0 aliphatic carbocycles. The van der Waals surface area contributed by atoms with Gasteiger partial charge in [-0.2, -0.15) is 0 Å². The van der Waals surface area contributed by atoms with Gasteiger partial charge in [-0.25, -0.2) is 4.39 Å². The summed E-state index contributed by atoms with van der Waals surface area (Å²) in [4.78, 5) is 11.5. The highest BCUT2D eigenvalue weighted by Crippen LogP contribution is 2.15. The normalized spacial score (nSPS) is 9.50. The van der Waals surface area contributed by atoms with Crippen molar-refractivity contribution in [1.82, 2.24) is 0 Å². The van der Waals surface area contributed by atoms with Crippen molar-refractivity contribution >= 4 is 11.6 Å². The molecule has 0 aromatic heterocycles. The number of anilines is 1. The van der Waals surface area contributed by atoms with Crippen LogP contribution in [0.2, 0.25) is 0 Å². The van der Waals surface area contributed by atoms with Crippen LogP contribution >= 0.6 is 0 Å². The van der Waals surface area contributed by atoms with E-state index in [9.17, 15) is 9.18 Å². The number of carbonyl (C=O) groups excluding carboxylic acids is 1. The number of nitrogens with two attached hydrogens (primary N) is 1. The smallest absolute Gasteiger partial charge is 0.224 e. The van der Waals surface area contributed by atoms with E-state index in [0.717, 1.165) is 12.8 Å². The van der Waals surface area contributed by atoms with Crippen molar-refractivity contribution < 1.29 is 9.18 Å². The lowest BCUT2D eigenvalue weighted by molar-refractivity contribution is -0.116. The molecule has 0 saturated heterocycles. The van der Waals surface area contributed by atoms with Gasteiger partial charge < -0.3 is 11.1 Å². The van der Waals surface area contributed by atoms with Crippen LogP contribution in [0.3, 0.4) is 0 Å². The largest absolute Gasteiger partial charge is 0.324 e. The first-order chi connectivity index (χ1) is 8.67. The predicted molar refractivity (Wildman–Crippen MR) is 70.5 cm³/mol. The van der Waals surface area contributed by atoms with Crippen LogP contribution in [-0.4, -0.2) is 12.5 Å². The molecule has 0 fully saturated rings. The summed E-state index contributed by atoms with van der Waals surface area (Å²) in [7, 11) is 0. The molecule has 0 saturated carbocycles. The van der Waals surface area contributed by atoms with Crippen molar-refractivity contribution in [1.29, 1.82) is 0 Å². The number of halogens is 1. The monoisotopic (exact) mass is 248 g/mol. The van der Waals surface area contributed by atoms with Crippen LogP contribution in [0.4, 0.5) is 10.1 Å². The summed E-state index contributed by atoms with van der Waals surface area (Å²) in [6.45, 7) is 2.23. The van der Waals surface area contributed by atoms with E-state index >= 15 is 0 Å². The molecule has 3 N–H and O–H groups in total. The van der Waals surface area contributed by atoms with Gasteiger partial charge in [0.25, 0.3) is 0 Å². The van der Waals surface area contributed by atoms with Crippen LogP contribution < -0.4 is 11.1 Å². The molecule has 0 aliphatic rings. The Bertz CT molecular complexity index is 474. The third-order valence-corrected chi connectivity index (χ3v) is 2.34. The molecule has 1 rings (SSSR count). The van der Waals surface area contributed by atoms with E-state index in [4.69, 9.17) is 5.73 Å². The van der Waals surface area contributed by atoms with Gasteiger partial charge in [0.2, 0.25) is 5.91 Å². The van der Waals surface area contributed by atoms with Gasteiger partial charge in [0.05, 0.1) is 12.2 Å². The number of amides is 1. The molecule has 0 heterocycles. The summed E-state index contributed by atoms with van der Waals surface area (Å²) in [6, 6.07) is 4.46. The fraction of sp³-hybridized carbons (Fsp3) is 0.357. The second kappa shape index (κ2) is 7.46. The number of rotatable bonds is 4. The Morgan fingerprint density at radius 2 is 2.28 bits per heavy atom. The molecule has 0 atom stereocenters. The molecule has 0 spiro atoms. The summed E-state index contributed by atoms with van der Waals surface area (Å²) in [6.07, 6.45) is 2.14. The molecule has 0 bridgehead atoms. The summed E-state index contributed by atoms with van der Waals surface area (Å²) in [5, 5.41) is 2.54. The Kier molecular flexibility index (Phi) is 5.89. The van der Waals surface area contributed by atoms with Crippen LogP contribution in [0.15, 0.2) is 18.2 Å². The molecule has 0 aliphatic heterocycles. The van der Waals surface area contributed by atoms with Gasteiger partial charge in [-0.15, -0.1) is 0 Å². The van der Waals surface area contributed by atoms with Crippen molar-refractivity contribution in [2.24, 2.45) is 5.73 Å². The summed E-state index contributed by atoms with van der Waals surface area (Å²) in [5.41, 5.74) is 5.97. The maximum atomic E-state index is 13.6. The summed E-state index contributed by atoms with van der Waals surface area (Å²) >= 11 is 0. The minimum Gasteiger partial charge on any atom is -0.324 e. The third-order valence-electron chi connectivity index (χ3n) is 2.34. The first-order valence-electron chi connectivity index (χ1n) is 5.95. The zero-order chi connectivity index (χ0) is 13.4. The highest BCUT2D eigenvalue weighted by atomic mass is 19.1. The van der Waals surface area contributed by atoms with Crippen LogP contribution in [0.5, 0.6) is 0 Å². The lowest BCUT2D eigenvalue weighted by Gasteiger charge is -2.06. The lowest BCUT2D eigenvalue weighted by Crippen LogP contribution is -2.12. The van der Waals surface area contributed by atoms with Crippen molar-refractivity contribution in [2.75, 3.05) is 11.9 Å². The minimum atomic E-state index is -0.483. The molecule has 0 unspecified atom stereocenters. The fourth-order valence-corrected chi connectivity index (χ4v) is 1.40. The van der Waals surface area contributed by atoms with Crippen LogP contribution in [0.25, 0.3) is 0 Å². The number of unbranched alkanes of at least 4 members (excludes halogenated alkanes) is 1. The Labute approximate surface area is 107 Å². The standard InChI is InChI=1S/C14H17FN2O/c1-2-3-6-14(18)17-13-8-7-11(5-4-9-16)10-12(13)15/h7-8,10H,2-3,6,9,16H2,1H3,(H,17,18). The third kappa shape index (κ3) is 4.56. The maximum Gasteiger partial charge on any atom is 0.224 e. The predicted octanol–water partition coefficient (Wildman–Crippen LogP) is 2.26. The van der Waals surface area contributed by atoms with Crippen molar-refractivity contribution in [2.45, 2.75) is 26.2 Å². The maximum absolute atomic E-state index is 13.6. The van der Waals surface area contributed by atoms with Gasteiger partial charge in [-0.1, -0.05) is 25.2 Å². The quantitative estimate of drug-likeness (QED) is 0.803. The fourth-order valence-electron chi connectivity index (χ4n) is 1.40. The van der Waals surface area contributed by atoms with Crippen LogP contribution in [0.1, 0.15) is 31.7 Å². The zero-order valence-corrected chi connectivity index (χ0v) is 10.4. The Morgan fingerprint density at radius 1 is 1.50 bits per heavy atom. The molecule has 0 radical (unpaired) electrons. The van der Waals surface area contributed by atoms with Gasteiger partial charge in [0, 0.05) is 12.0 Å². The zero-order valence-electron chi connectivity index (χ0n) is 10.4. The number of nitrogens with one attached hydrogen (secondary N) is 1. The van der Waals surface area contributed by atoms with Crippen molar-refractivity contribution in [3.05, 3.63) is 29.6 Å². The van der Waals surface area contributed by atoms with Gasteiger partial charge in [0.1, 0.15) is 5.82 Å². The number of carbonyl (C=O) groups is 1. The second-order valence-corrected chi connectivity index (χ2v) is 3.85. The molecule has 1 amide bonds. The summed E-state index contributed by atoms with van der Waals surface area (Å²) < 4.78 is 13.6. The number of benzene rings is 1. The van der Waals surface area contributed by atoms with E-state index in [-0.39, 0.29) is 18.1 Å². The number of hydrogen-bond acceptors (Lipinski definition) is 2. The van der Waals surface area contributed by atoms with Crippen molar-refractivity contribution in [3.63, 3.8) is 0 Å². The van der Waals surface area contributed by atoms with Gasteiger partial charge >= 0.3 is 0 Å². The first-order valence-corrected chi connectivity index (χ1v) is 5.95. The van der Waals surface area contributed by atoms with Crippen LogP contribution in [0, 0.1) is 17.7 Å². The highest BCUT2D eigenvalue weighted by molar-refractivity contribution is 5.90. The first kappa shape index (κ1) is 14.2. The van der Waals surface area contributed by atoms with E-state index in [1.165, 1.54) is 12.1 Å². The van der Waals surface area contributed by atoms with Gasteiger partial charge in [-0.05, 0) is 24.6 Å². The van der Waals surface area contributed by atoms with Crippen molar-refractivity contribution in [3.8, 4) is 11.8 Å². The molecule has 4 heteroatoms. The molecule has 3 nitrogen and oxygen atoms in total.